The van der Waals surface area contributed by atoms with Gasteiger partial charge in [0.25, 0.3) is 17.2 Å². The number of carbonyl (C=O) groups excluding carboxylic acids is 4. The lowest BCUT2D eigenvalue weighted by molar-refractivity contribution is -0.154. The summed E-state index contributed by atoms with van der Waals surface area (Å²) >= 11 is 1.08. The Balaban J connectivity index is 1.68. The normalized spacial score (nSPS) is 11.7. The molecule has 2 aromatic heterocycles. The largest absolute Gasteiger partial charge is 0.494 e. The second-order valence-corrected chi connectivity index (χ2v) is 8.19. The number of nitrogens with zero attached hydrogens (tertiary/aromatic N) is 2. The van der Waals surface area contributed by atoms with Crippen LogP contribution in [0.4, 0.5) is 5.13 Å². The van der Waals surface area contributed by atoms with Crippen LogP contribution in [0.25, 0.3) is 21.3 Å². The van der Waals surface area contributed by atoms with Crippen molar-refractivity contribution in [3.63, 3.8) is 0 Å². The van der Waals surface area contributed by atoms with Gasteiger partial charge in [0, 0.05) is 0 Å². The Kier molecular flexibility index (Phi) is 6.64. The highest BCUT2D eigenvalue weighted by Crippen LogP contribution is 2.29. The molecular weight excluding hydrogens is 476 g/mol. The summed E-state index contributed by atoms with van der Waals surface area (Å²) in [5, 5.41) is 2.42. The lowest BCUT2D eigenvalue weighted by Crippen LogP contribution is -2.39. The van der Waals surface area contributed by atoms with Gasteiger partial charge in [-0.05, 0) is 37.3 Å². The number of ketones is 2. The van der Waals surface area contributed by atoms with E-state index in [2.05, 4.69) is 25.0 Å². The third-order valence-electron chi connectivity index (χ3n) is 4.93. The molecule has 1 amide bonds. The highest BCUT2D eigenvalue weighted by Gasteiger charge is 2.40. The standard InChI is InChI=1S/C23H18N4O7S/c1-3-34-11-8-9-14-15(10-11)35-23(26-14)27-21(31)18(28)16(19(29)22(32)33-2)17-20(30)25-13-7-5-4-6-12(13)24-17/h4-10,16H,3H2,1-2H3,(H,25,30)(H,26,27,31)/t16-/m0/s1. The molecule has 0 bridgehead atoms. The molecule has 0 aliphatic heterocycles. The molecule has 0 saturated heterocycles. The first-order chi connectivity index (χ1) is 16.8. The maximum Gasteiger partial charge on any atom is 0.375 e. The van der Waals surface area contributed by atoms with Gasteiger partial charge < -0.3 is 14.5 Å². The van der Waals surface area contributed by atoms with Gasteiger partial charge in [0.1, 0.15) is 17.4 Å². The van der Waals surface area contributed by atoms with Gasteiger partial charge in [0.05, 0.1) is 35.0 Å². The Morgan fingerprint density at radius 2 is 1.83 bits per heavy atom. The molecule has 0 saturated carbocycles. The van der Waals surface area contributed by atoms with Gasteiger partial charge >= 0.3 is 5.97 Å². The summed E-state index contributed by atoms with van der Waals surface area (Å²) in [5.74, 6) is -6.88. The smallest absolute Gasteiger partial charge is 0.375 e. The molecule has 0 radical (unpaired) electrons. The molecule has 4 rings (SSSR count). The number of H-pyrrole nitrogens is 1. The predicted octanol–water partition coefficient (Wildman–Crippen LogP) is 1.96. The van der Waals surface area contributed by atoms with E-state index in [1.54, 1.807) is 36.4 Å². The summed E-state index contributed by atoms with van der Waals surface area (Å²) in [6, 6.07) is 11.5. The van der Waals surface area contributed by atoms with Crippen molar-refractivity contribution in [3.05, 3.63) is 58.5 Å². The topological polar surface area (TPSA) is 157 Å². The van der Waals surface area contributed by atoms with Crippen molar-refractivity contribution in [2.45, 2.75) is 12.8 Å². The van der Waals surface area contributed by atoms with E-state index in [4.69, 9.17) is 4.74 Å². The molecule has 178 valence electrons. The minimum atomic E-state index is -2.10. The lowest BCUT2D eigenvalue weighted by Gasteiger charge is -2.12. The zero-order chi connectivity index (χ0) is 25.1. The third kappa shape index (κ3) is 4.77. The Hall–Kier alpha value is -4.45. The number of Topliss-reactive ketones (excluding diaryl/α,β-unsaturated/α-hetero) is 2. The fraction of sp³-hybridized carbons (Fsp3) is 0.174. The van der Waals surface area contributed by atoms with E-state index in [1.165, 1.54) is 6.07 Å². The van der Waals surface area contributed by atoms with E-state index < -0.39 is 40.6 Å². The molecule has 0 unspecified atom stereocenters. The predicted molar refractivity (Wildman–Crippen MR) is 127 cm³/mol. The number of fused-ring (bicyclic) bond motifs is 2. The number of amides is 1. The number of aromatic amines is 1. The van der Waals surface area contributed by atoms with Gasteiger partial charge in [0.15, 0.2) is 5.13 Å². The van der Waals surface area contributed by atoms with Crippen molar-refractivity contribution >= 4 is 61.2 Å². The minimum absolute atomic E-state index is 0.0802. The van der Waals surface area contributed by atoms with Gasteiger partial charge in [-0.2, -0.15) is 0 Å². The van der Waals surface area contributed by atoms with Crippen LogP contribution in [0.5, 0.6) is 5.75 Å². The maximum absolute atomic E-state index is 13.1. The fourth-order valence-corrected chi connectivity index (χ4v) is 4.22. The van der Waals surface area contributed by atoms with Crippen LogP contribution < -0.4 is 15.6 Å². The number of para-hydroxylation sites is 2. The summed E-state index contributed by atoms with van der Waals surface area (Å²) in [6.45, 7) is 2.32. The molecule has 4 aromatic rings. The number of hydrogen-bond acceptors (Lipinski definition) is 10. The van der Waals surface area contributed by atoms with Crippen molar-refractivity contribution in [1.29, 1.82) is 0 Å². The summed E-state index contributed by atoms with van der Waals surface area (Å²) in [5.41, 5.74) is -0.325. The Morgan fingerprint density at radius 1 is 1.06 bits per heavy atom. The maximum atomic E-state index is 13.1. The molecule has 0 fully saturated rings. The quantitative estimate of drug-likeness (QED) is 0.212. The zero-order valence-corrected chi connectivity index (χ0v) is 19.3. The van der Waals surface area contributed by atoms with Crippen molar-refractivity contribution in [1.82, 2.24) is 15.0 Å². The fourth-order valence-electron chi connectivity index (χ4n) is 3.33. The minimum Gasteiger partial charge on any atom is -0.494 e. The molecular formula is C23H18N4O7S. The molecule has 35 heavy (non-hydrogen) atoms. The second kappa shape index (κ2) is 9.81. The first kappa shape index (κ1) is 23.7. The van der Waals surface area contributed by atoms with E-state index in [1.807, 2.05) is 6.92 Å². The van der Waals surface area contributed by atoms with Crippen LogP contribution in [0, 0.1) is 0 Å². The Morgan fingerprint density at radius 3 is 2.57 bits per heavy atom. The van der Waals surface area contributed by atoms with E-state index in [0.717, 1.165) is 18.4 Å². The summed E-state index contributed by atoms with van der Waals surface area (Å²) in [7, 11) is 0.942. The van der Waals surface area contributed by atoms with Crippen LogP contribution in [-0.2, 0) is 23.9 Å². The SMILES string of the molecule is CCOc1ccc2nc(NC(=O)C(=O)[C@@H](C(=O)C(=O)OC)c3nc4ccccc4[nH]c3=O)sc2c1. The van der Waals surface area contributed by atoms with Gasteiger partial charge in [0.2, 0.25) is 5.78 Å². The number of carbonyl (C=O) groups is 4. The third-order valence-corrected chi connectivity index (χ3v) is 5.86. The van der Waals surface area contributed by atoms with E-state index >= 15 is 0 Å². The summed E-state index contributed by atoms with van der Waals surface area (Å²) in [6.07, 6.45) is 0. The molecule has 12 heteroatoms. The van der Waals surface area contributed by atoms with Crippen molar-refractivity contribution < 1.29 is 28.7 Å². The number of esters is 1. The molecule has 11 nitrogen and oxygen atoms in total. The molecule has 1 atom stereocenters. The van der Waals surface area contributed by atoms with Gasteiger partial charge in [-0.15, -0.1) is 0 Å². The van der Waals surface area contributed by atoms with E-state index in [0.29, 0.717) is 28.1 Å². The van der Waals surface area contributed by atoms with Crippen LogP contribution in [0.15, 0.2) is 47.3 Å². The zero-order valence-electron chi connectivity index (χ0n) is 18.5. The van der Waals surface area contributed by atoms with Gasteiger partial charge in [-0.3, -0.25) is 24.5 Å². The second-order valence-electron chi connectivity index (χ2n) is 7.16. The highest BCUT2D eigenvalue weighted by atomic mass is 32.1. The number of methoxy groups -OCH3 is 1. The average molecular weight is 494 g/mol. The van der Waals surface area contributed by atoms with Gasteiger partial charge in [-0.25, -0.2) is 14.8 Å². The van der Waals surface area contributed by atoms with Crippen molar-refractivity contribution in [2.75, 3.05) is 19.0 Å². The van der Waals surface area contributed by atoms with Crippen LogP contribution >= 0.6 is 11.3 Å². The van der Waals surface area contributed by atoms with Crippen LogP contribution in [0.2, 0.25) is 0 Å². The molecule has 0 aliphatic rings. The number of benzene rings is 2. The van der Waals surface area contributed by atoms with Crippen LogP contribution in [-0.4, -0.2) is 52.1 Å². The summed E-state index contributed by atoms with van der Waals surface area (Å²) in [4.78, 5) is 74.0. The number of nitrogens with one attached hydrogen (secondary N) is 2. The monoisotopic (exact) mass is 494 g/mol. The molecule has 2 heterocycles. The number of thiazole rings is 1. The van der Waals surface area contributed by atoms with Crippen molar-refractivity contribution in [3.8, 4) is 5.75 Å². The average Bonchev–Trinajstić information content (AvgIpc) is 3.25. The Labute approximate surface area is 201 Å². The van der Waals surface area contributed by atoms with Crippen LogP contribution in [0.1, 0.15) is 18.5 Å². The van der Waals surface area contributed by atoms with Crippen LogP contribution in [0.3, 0.4) is 0 Å². The van der Waals surface area contributed by atoms with E-state index in [9.17, 15) is 24.0 Å². The first-order valence-electron chi connectivity index (χ1n) is 10.3. The first-order valence-corrected chi connectivity index (χ1v) is 11.1. The highest BCUT2D eigenvalue weighted by molar-refractivity contribution is 7.22. The molecule has 0 spiro atoms. The summed E-state index contributed by atoms with van der Waals surface area (Å²) < 4.78 is 10.6. The number of aromatic nitrogens is 3. The number of ether oxygens (including phenoxy) is 2. The van der Waals surface area contributed by atoms with Crippen molar-refractivity contribution in [2.24, 2.45) is 0 Å². The van der Waals surface area contributed by atoms with Gasteiger partial charge in [-0.1, -0.05) is 23.5 Å². The molecule has 0 aliphatic carbocycles. The number of rotatable bonds is 8. The number of hydrogen-bond donors (Lipinski definition) is 2. The van der Waals surface area contributed by atoms with E-state index in [-0.39, 0.29) is 10.6 Å². The molecule has 2 aromatic carbocycles. The molecule has 2 N–H and O–H groups in total. The number of anilines is 1. The lowest BCUT2D eigenvalue weighted by atomic mass is 9.94. The Bertz CT molecular complexity index is 1540.